The van der Waals surface area contributed by atoms with Crippen LogP contribution in [-0.2, 0) is 13.9 Å². The molecular formula is C10H18N3O8P. The number of hydrogen-bond acceptors (Lipinski definition) is 7. The molecule has 2 amide bonds. The second-order valence-corrected chi connectivity index (χ2v) is 6.20. The molecule has 2 aliphatic heterocycles. The largest absolute Gasteiger partial charge is 0.491 e. The van der Waals surface area contributed by atoms with Gasteiger partial charge in [0.05, 0.1) is 12.7 Å². The van der Waals surface area contributed by atoms with E-state index in [0.29, 0.717) is 10.6 Å². The van der Waals surface area contributed by atoms with Gasteiger partial charge in [-0.25, -0.2) is 9.36 Å². The Labute approximate surface area is 125 Å². The molecule has 0 spiro atoms. The molecule has 6 N–H and O–H groups in total. The maximum absolute atomic E-state index is 12.3. The number of aliphatic hydroxyl groups is 2. The number of hydroxylamine groups is 2. The van der Waals surface area contributed by atoms with Gasteiger partial charge in [0.15, 0.2) is 0 Å². The molecule has 0 aromatic rings. The zero-order valence-corrected chi connectivity index (χ0v) is 12.6. The summed E-state index contributed by atoms with van der Waals surface area (Å²) in [6.07, 6.45) is -2.61. The van der Waals surface area contributed by atoms with Crippen LogP contribution in [-0.4, -0.2) is 67.6 Å². The molecule has 0 unspecified atom stereocenters. The maximum Gasteiger partial charge on any atom is 0.491 e. The van der Waals surface area contributed by atoms with Crippen LogP contribution in [0.25, 0.3) is 0 Å². The lowest BCUT2D eigenvalue weighted by Crippen LogP contribution is -2.53. The number of phosphoric acid groups is 1. The van der Waals surface area contributed by atoms with Crippen LogP contribution in [0.4, 0.5) is 4.79 Å². The summed E-state index contributed by atoms with van der Waals surface area (Å²) in [6.45, 7) is 1.18. The summed E-state index contributed by atoms with van der Waals surface area (Å²) in [5.41, 5.74) is 6.05. The van der Waals surface area contributed by atoms with Crippen molar-refractivity contribution >= 4 is 13.9 Å². The average molecular weight is 339 g/mol. The Bertz CT molecular complexity index is 534. The summed E-state index contributed by atoms with van der Waals surface area (Å²) >= 11 is 0. The highest BCUT2D eigenvalue weighted by Crippen LogP contribution is 2.40. The predicted octanol–water partition coefficient (Wildman–Crippen LogP) is -1.59. The molecule has 0 aromatic carbocycles. The van der Waals surface area contributed by atoms with E-state index in [2.05, 4.69) is 4.62 Å². The van der Waals surface area contributed by atoms with Gasteiger partial charge in [0, 0.05) is 13.0 Å². The van der Waals surface area contributed by atoms with E-state index in [9.17, 15) is 14.5 Å². The third-order valence-corrected chi connectivity index (χ3v) is 3.78. The van der Waals surface area contributed by atoms with Crippen LogP contribution >= 0.6 is 7.82 Å². The smallest absolute Gasteiger partial charge is 0.394 e. The molecule has 12 heteroatoms. The summed E-state index contributed by atoms with van der Waals surface area (Å²) < 4.78 is 20.6. The lowest BCUT2D eigenvalue weighted by atomic mass is 10.1. The van der Waals surface area contributed by atoms with Gasteiger partial charge in [-0.1, -0.05) is 0 Å². The molecule has 126 valence electrons. The van der Waals surface area contributed by atoms with Crippen LogP contribution in [0.2, 0.25) is 0 Å². The van der Waals surface area contributed by atoms with Crippen molar-refractivity contribution in [1.82, 2.24) is 9.96 Å². The summed E-state index contributed by atoms with van der Waals surface area (Å²) in [5.74, 6) is -0.221. The molecule has 3 atom stereocenters. The van der Waals surface area contributed by atoms with Crippen LogP contribution < -0.4 is 5.73 Å². The first-order valence-corrected chi connectivity index (χ1v) is 7.92. The molecule has 1 saturated heterocycles. The minimum Gasteiger partial charge on any atom is -0.394 e. The zero-order chi connectivity index (χ0) is 16.7. The highest BCUT2D eigenvalue weighted by molar-refractivity contribution is 7.46. The van der Waals surface area contributed by atoms with E-state index >= 15 is 0 Å². The first kappa shape index (κ1) is 17.2. The van der Waals surface area contributed by atoms with Crippen molar-refractivity contribution in [3.05, 3.63) is 11.4 Å². The lowest BCUT2D eigenvalue weighted by Gasteiger charge is -2.37. The van der Waals surface area contributed by atoms with Crippen molar-refractivity contribution in [2.75, 3.05) is 13.2 Å². The van der Waals surface area contributed by atoms with Crippen molar-refractivity contribution in [2.24, 2.45) is 5.73 Å². The molecule has 11 nitrogen and oxygen atoms in total. The Hall–Kier alpha value is -1.20. The van der Waals surface area contributed by atoms with Crippen molar-refractivity contribution in [2.45, 2.75) is 31.8 Å². The Morgan fingerprint density at radius 2 is 2.14 bits per heavy atom. The SMILES string of the molecule is CC1=C(N)N(OP(=O)(O)O)C(=O)N([C@H]2C[C@H](O)[C@@H](CO)O2)C1. The summed E-state index contributed by atoms with van der Waals surface area (Å²) in [5, 5.41) is 19.1. The Balaban J connectivity index is 2.21. The van der Waals surface area contributed by atoms with Gasteiger partial charge < -0.3 is 30.5 Å². The second kappa shape index (κ2) is 6.13. The van der Waals surface area contributed by atoms with Gasteiger partial charge in [-0.3, -0.25) is 4.90 Å². The number of nitrogens with two attached hydrogens (primary N) is 1. The van der Waals surface area contributed by atoms with Crippen molar-refractivity contribution < 1.29 is 38.7 Å². The van der Waals surface area contributed by atoms with Crippen molar-refractivity contribution in [3.8, 4) is 0 Å². The molecule has 1 fully saturated rings. The van der Waals surface area contributed by atoms with Gasteiger partial charge in [-0.15, -0.1) is 5.06 Å². The summed E-state index contributed by atoms with van der Waals surface area (Å²) in [7, 11) is -4.99. The van der Waals surface area contributed by atoms with Crippen molar-refractivity contribution in [1.29, 1.82) is 0 Å². The molecule has 2 heterocycles. The summed E-state index contributed by atoms with van der Waals surface area (Å²) in [6, 6.07) is -0.929. The van der Waals surface area contributed by atoms with Crippen LogP contribution in [0.5, 0.6) is 0 Å². The first-order valence-electron chi connectivity index (χ1n) is 6.39. The normalized spacial score (nSPS) is 30.4. The van der Waals surface area contributed by atoms with E-state index in [1.54, 1.807) is 6.92 Å². The number of ether oxygens (including phenoxy) is 1. The predicted molar refractivity (Wildman–Crippen MR) is 70.3 cm³/mol. The van der Waals surface area contributed by atoms with E-state index in [-0.39, 0.29) is 18.8 Å². The van der Waals surface area contributed by atoms with Gasteiger partial charge in [0.1, 0.15) is 18.2 Å². The fourth-order valence-corrected chi connectivity index (χ4v) is 2.65. The molecule has 2 aliphatic rings. The molecule has 0 saturated carbocycles. The third-order valence-electron chi connectivity index (χ3n) is 3.40. The minimum atomic E-state index is -4.99. The highest BCUT2D eigenvalue weighted by Gasteiger charge is 2.44. The van der Waals surface area contributed by atoms with Gasteiger partial charge in [-0.05, 0) is 12.5 Å². The number of nitrogens with zero attached hydrogens (tertiary/aromatic N) is 2. The van der Waals surface area contributed by atoms with Crippen LogP contribution in [0, 0.1) is 0 Å². The number of rotatable bonds is 4. The molecule has 0 bridgehead atoms. The molecule has 0 radical (unpaired) electrons. The van der Waals surface area contributed by atoms with Crippen LogP contribution in [0.1, 0.15) is 13.3 Å². The Morgan fingerprint density at radius 3 is 2.64 bits per heavy atom. The van der Waals surface area contributed by atoms with E-state index in [1.807, 2.05) is 0 Å². The topological polar surface area (TPSA) is 166 Å². The molecule has 22 heavy (non-hydrogen) atoms. The Kier molecular flexibility index (Phi) is 4.78. The van der Waals surface area contributed by atoms with Crippen LogP contribution in [0.3, 0.4) is 0 Å². The minimum absolute atomic E-state index is 0.0429. The zero-order valence-electron chi connectivity index (χ0n) is 11.7. The fraction of sp³-hybridized carbons (Fsp3) is 0.700. The Morgan fingerprint density at radius 1 is 1.50 bits per heavy atom. The van der Waals surface area contributed by atoms with E-state index in [0.717, 1.165) is 4.90 Å². The van der Waals surface area contributed by atoms with Gasteiger partial charge >= 0.3 is 13.9 Å². The molecule has 2 rings (SSSR count). The number of amides is 2. The van der Waals surface area contributed by atoms with E-state index < -0.39 is 38.9 Å². The number of carbonyl (C=O) groups is 1. The van der Waals surface area contributed by atoms with Crippen LogP contribution in [0.15, 0.2) is 11.4 Å². The quantitative estimate of drug-likeness (QED) is 0.379. The van der Waals surface area contributed by atoms with Gasteiger partial charge in [0.2, 0.25) is 0 Å². The molecule has 0 aromatic heterocycles. The number of hydrogen-bond donors (Lipinski definition) is 5. The average Bonchev–Trinajstić information content (AvgIpc) is 2.79. The number of urea groups is 1. The summed E-state index contributed by atoms with van der Waals surface area (Å²) in [4.78, 5) is 31.1. The highest BCUT2D eigenvalue weighted by atomic mass is 31.2. The molecular weight excluding hydrogens is 321 g/mol. The van der Waals surface area contributed by atoms with Gasteiger partial charge in [0.25, 0.3) is 0 Å². The maximum atomic E-state index is 12.3. The van der Waals surface area contributed by atoms with Crippen molar-refractivity contribution in [3.63, 3.8) is 0 Å². The fourth-order valence-electron chi connectivity index (χ4n) is 2.28. The first-order chi connectivity index (χ1) is 10.1. The third kappa shape index (κ3) is 3.41. The standard InChI is InChI=1S/C10H18N3O8P/c1-5-3-12(8-2-6(15)7(4-14)20-8)10(16)13(9(5)11)21-22(17,18)19/h6-8,14-15H,2-4,11H2,1H3,(H2,17,18,19)/t6-,7+,8+/m0/s1. The van der Waals surface area contributed by atoms with E-state index in [1.165, 1.54) is 0 Å². The monoisotopic (exact) mass is 339 g/mol. The van der Waals surface area contributed by atoms with Gasteiger partial charge in [-0.2, -0.15) is 4.62 Å². The number of aliphatic hydroxyl groups excluding tert-OH is 2. The second-order valence-electron chi connectivity index (χ2n) is 5.06. The molecule has 0 aliphatic carbocycles. The van der Waals surface area contributed by atoms with E-state index in [4.69, 9.17) is 25.4 Å². The lowest BCUT2D eigenvalue weighted by molar-refractivity contribution is -0.0891. The number of carbonyl (C=O) groups excluding carboxylic acids is 1.